The summed E-state index contributed by atoms with van der Waals surface area (Å²) in [4.78, 5) is 78.2. The van der Waals surface area contributed by atoms with Gasteiger partial charge in [-0.05, 0) is 103 Å². The zero-order valence-electron chi connectivity index (χ0n) is 43.7. The van der Waals surface area contributed by atoms with E-state index in [0.717, 1.165) is 26.5 Å². The molecule has 4 amide bonds. The van der Waals surface area contributed by atoms with Crippen molar-refractivity contribution in [2.75, 3.05) is 49.3 Å². The molecule has 8 aromatic rings. The lowest BCUT2D eigenvalue weighted by Crippen LogP contribution is -2.29. The summed E-state index contributed by atoms with van der Waals surface area (Å²) in [5, 5.41) is 11.7. The SMILES string of the molecule is CCOC(=O)Oc1c2c(c(OC)c3ncc(Cc4ccc(F)cc4)cc13)C(=O)N(Cc1ccc(OC)cc1OC)C2=O.COc1ccc(CN2C(=O)c3c(c(OC)c4ncc(Cc5ccc(F)cc5)cc4c3O)C2=O)c(OC)c1. The van der Waals surface area contributed by atoms with Crippen LogP contribution < -0.4 is 33.2 Å². The van der Waals surface area contributed by atoms with Gasteiger partial charge in [0, 0.05) is 46.4 Å². The van der Waals surface area contributed by atoms with E-state index in [0.29, 0.717) is 52.5 Å². The third kappa shape index (κ3) is 10.4. The van der Waals surface area contributed by atoms with Crippen LogP contribution in [0.3, 0.4) is 0 Å². The Morgan fingerprint density at radius 3 is 1.35 bits per heavy atom. The number of hydrogen-bond acceptors (Lipinski definition) is 16. The van der Waals surface area contributed by atoms with E-state index in [2.05, 4.69) is 9.97 Å². The van der Waals surface area contributed by atoms with E-state index in [4.69, 9.17) is 37.9 Å². The fourth-order valence-electron chi connectivity index (χ4n) is 9.44. The Labute approximate surface area is 450 Å². The summed E-state index contributed by atoms with van der Waals surface area (Å²) in [6.45, 7) is 1.42. The van der Waals surface area contributed by atoms with Crippen molar-refractivity contribution in [3.8, 4) is 46.0 Å². The Balaban J connectivity index is 0.000000193. The molecule has 0 radical (unpaired) electrons. The normalized spacial score (nSPS) is 12.5. The molecule has 0 atom stereocenters. The van der Waals surface area contributed by atoms with Gasteiger partial charge < -0.3 is 43.0 Å². The number of carbonyl (C=O) groups is 5. The highest BCUT2D eigenvalue weighted by Gasteiger charge is 2.45. The summed E-state index contributed by atoms with van der Waals surface area (Å²) in [7, 11) is 8.74. The highest BCUT2D eigenvalue weighted by molar-refractivity contribution is 6.28. The number of benzene rings is 6. The van der Waals surface area contributed by atoms with Crippen molar-refractivity contribution in [3.63, 3.8) is 0 Å². The highest BCUT2D eigenvalue weighted by Crippen LogP contribution is 2.47. The van der Waals surface area contributed by atoms with E-state index in [-0.39, 0.29) is 98.4 Å². The van der Waals surface area contributed by atoms with Crippen LogP contribution in [0.4, 0.5) is 13.6 Å². The molecule has 4 heterocycles. The lowest BCUT2D eigenvalue weighted by molar-refractivity contribution is 0.0623. The number of pyridine rings is 2. The van der Waals surface area contributed by atoms with Crippen LogP contribution in [0.1, 0.15) is 81.7 Å². The molecule has 0 bridgehead atoms. The summed E-state index contributed by atoms with van der Waals surface area (Å²) in [6, 6.07) is 25.5. The average Bonchev–Trinajstić information content (AvgIpc) is 3.82. The van der Waals surface area contributed by atoms with Gasteiger partial charge in [0.1, 0.15) is 68.1 Å². The summed E-state index contributed by atoms with van der Waals surface area (Å²) < 4.78 is 69.8. The topological polar surface area (TPSA) is 212 Å². The second kappa shape index (κ2) is 22.8. The van der Waals surface area contributed by atoms with Crippen molar-refractivity contribution in [2.24, 2.45) is 0 Å². The maximum absolute atomic E-state index is 13.9. The second-order valence-corrected chi connectivity index (χ2v) is 17.9. The molecule has 404 valence electrons. The number of phenols is 1. The maximum Gasteiger partial charge on any atom is 0.513 e. The fourth-order valence-corrected chi connectivity index (χ4v) is 9.44. The molecule has 2 aromatic heterocycles. The van der Waals surface area contributed by atoms with Crippen LogP contribution in [-0.4, -0.2) is 104 Å². The number of aromatic nitrogens is 2. The van der Waals surface area contributed by atoms with Gasteiger partial charge in [-0.25, -0.2) is 13.6 Å². The number of hydrogen-bond donors (Lipinski definition) is 1. The molecule has 20 heteroatoms. The minimum Gasteiger partial charge on any atom is -0.506 e. The van der Waals surface area contributed by atoms with E-state index >= 15 is 0 Å². The number of ether oxygens (including phenoxy) is 8. The molecule has 0 saturated carbocycles. The summed E-state index contributed by atoms with van der Waals surface area (Å²) in [5.74, 6) is -1.68. The van der Waals surface area contributed by atoms with Gasteiger partial charge in [-0.3, -0.25) is 38.9 Å². The molecule has 0 spiro atoms. The van der Waals surface area contributed by atoms with Crippen molar-refractivity contribution >= 4 is 51.6 Å². The van der Waals surface area contributed by atoms with Crippen LogP contribution in [0.15, 0.2) is 109 Å². The van der Waals surface area contributed by atoms with Gasteiger partial charge in [0.05, 0.1) is 67.9 Å². The molecular formula is C59H50F2N4O14. The molecule has 1 N–H and O–H groups in total. The first-order chi connectivity index (χ1) is 38.1. The monoisotopic (exact) mass is 1080 g/mol. The van der Waals surface area contributed by atoms with Crippen LogP contribution in [0.5, 0.6) is 46.0 Å². The number of rotatable bonds is 16. The van der Waals surface area contributed by atoms with E-state index in [1.165, 1.54) is 66.9 Å². The van der Waals surface area contributed by atoms with Gasteiger partial charge in [0.25, 0.3) is 23.6 Å². The second-order valence-electron chi connectivity index (χ2n) is 17.9. The average molecular weight is 1080 g/mol. The molecule has 0 aliphatic carbocycles. The van der Waals surface area contributed by atoms with Crippen LogP contribution in [0, 0.1) is 11.6 Å². The fraction of sp³-hybridized carbons (Fsp3) is 0.203. The molecular weight excluding hydrogens is 1030 g/mol. The largest absolute Gasteiger partial charge is 0.513 e. The Morgan fingerprint density at radius 1 is 0.506 bits per heavy atom. The first-order valence-electron chi connectivity index (χ1n) is 24.4. The van der Waals surface area contributed by atoms with Crippen molar-refractivity contribution < 1.29 is 75.8 Å². The predicted molar refractivity (Wildman–Crippen MR) is 282 cm³/mol. The molecule has 0 unspecified atom stereocenters. The number of amides is 4. The zero-order valence-corrected chi connectivity index (χ0v) is 43.7. The number of phenolic OH excluding ortho intramolecular Hbond substituents is 1. The smallest absolute Gasteiger partial charge is 0.506 e. The first kappa shape index (κ1) is 54.0. The first-order valence-corrected chi connectivity index (χ1v) is 24.4. The lowest BCUT2D eigenvalue weighted by Gasteiger charge is -2.17. The van der Waals surface area contributed by atoms with Gasteiger partial charge in [-0.2, -0.15) is 0 Å². The number of carbonyl (C=O) groups excluding carboxylic acids is 5. The van der Waals surface area contributed by atoms with E-state index in [1.807, 2.05) is 0 Å². The van der Waals surface area contributed by atoms with Gasteiger partial charge in [-0.1, -0.05) is 24.3 Å². The molecule has 10 rings (SSSR count). The van der Waals surface area contributed by atoms with Gasteiger partial charge in [0.2, 0.25) is 0 Å². The Kier molecular flexibility index (Phi) is 15.6. The number of imide groups is 2. The van der Waals surface area contributed by atoms with E-state index in [9.17, 15) is 37.9 Å². The summed E-state index contributed by atoms with van der Waals surface area (Å²) in [6.07, 6.45) is 2.93. The van der Waals surface area contributed by atoms with Crippen molar-refractivity contribution in [1.29, 1.82) is 0 Å². The Hall–Kier alpha value is -9.85. The standard InChI is InChI=1S/C31H27FN2O8.C28H23FN2O6/c1-5-41-31(37)42-27-22-13-18(12-17-6-9-20(32)10-7-17)15-33-26(22)28(40-4)25-24(27)29(35)34(30(25)36)16-19-8-11-21(38-2)14-23(19)39-3;1-35-19-9-6-17(21(12-19)36-2)14-31-27(33)22-23(28(31)34)26(37-3)24-20(25(22)32)11-16(13-30-24)10-15-4-7-18(29)8-5-15/h6-11,13-15H,5,12,16H2,1-4H3;4-9,11-13,32H,10,14H2,1-3H3. The number of methoxy groups -OCH3 is 6. The van der Waals surface area contributed by atoms with Crippen molar-refractivity contribution in [3.05, 3.63) is 177 Å². The van der Waals surface area contributed by atoms with Crippen LogP contribution in [0.2, 0.25) is 0 Å². The Bertz CT molecular complexity index is 3740. The molecule has 0 fully saturated rings. The van der Waals surface area contributed by atoms with Crippen molar-refractivity contribution in [2.45, 2.75) is 32.9 Å². The number of fused-ring (bicyclic) bond motifs is 4. The molecule has 18 nitrogen and oxygen atoms in total. The summed E-state index contributed by atoms with van der Waals surface area (Å²) in [5.41, 5.74) is 4.26. The van der Waals surface area contributed by atoms with Gasteiger partial charge in [-0.15, -0.1) is 0 Å². The van der Waals surface area contributed by atoms with Crippen LogP contribution in [-0.2, 0) is 30.7 Å². The van der Waals surface area contributed by atoms with Gasteiger partial charge >= 0.3 is 6.16 Å². The quantitative estimate of drug-likeness (QED) is 0.0542. The molecule has 79 heavy (non-hydrogen) atoms. The highest BCUT2D eigenvalue weighted by atomic mass is 19.1. The minimum absolute atomic E-state index is 0.0272. The number of nitrogens with zero attached hydrogens (tertiary/aromatic N) is 4. The van der Waals surface area contributed by atoms with E-state index < -0.39 is 29.8 Å². The van der Waals surface area contributed by atoms with Gasteiger partial charge in [0.15, 0.2) is 17.2 Å². The number of halogens is 2. The molecule has 2 aliphatic rings. The lowest BCUT2D eigenvalue weighted by atomic mass is 9.99. The molecule has 2 aliphatic heterocycles. The maximum atomic E-state index is 13.9. The number of aromatic hydroxyl groups is 1. The molecule has 0 saturated heterocycles. The zero-order chi connectivity index (χ0) is 56.2. The summed E-state index contributed by atoms with van der Waals surface area (Å²) >= 11 is 0. The Morgan fingerprint density at radius 2 is 0.924 bits per heavy atom. The third-order valence-electron chi connectivity index (χ3n) is 13.2. The predicted octanol–water partition coefficient (Wildman–Crippen LogP) is 9.81. The van der Waals surface area contributed by atoms with Crippen LogP contribution in [0.25, 0.3) is 21.8 Å². The van der Waals surface area contributed by atoms with Crippen molar-refractivity contribution in [1.82, 2.24) is 19.8 Å². The minimum atomic E-state index is -1.05. The van der Waals surface area contributed by atoms with Crippen LogP contribution >= 0.6 is 0 Å². The third-order valence-corrected chi connectivity index (χ3v) is 13.2. The van der Waals surface area contributed by atoms with E-state index in [1.54, 1.807) is 92.1 Å². The molecule has 6 aromatic carbocycles.